The van der Waals surface area contributed by atoms with Crippen LogP contribution in [0.25, 0.3) is 5.69 Å². The van der Waals surface area contributed by atoms with Crippen molar-refractivity contribution in [2.24, 2.45) is 0 Å². The first-order chi connectivity index (χ1) is 14.7. The molecule has 2 aromatic heterocycles. The zero-order chi connectivity index (χ0) is 22.6. The fourth-order valence-electron chi connectivity index (χ4n) is 2.69. The standard InChI is InChI=1S/C21H20F2N4O4/c1-21(2,30)17-8-7-13(11-24-17)26-19(28)14-9-10-25-27(20(14)29)15-5-3-4-6-16(15)31-12-18(22)23/h3-11,18,30H,12H2,1-2H3,(H,26,28). The van der Waals surface area contributed by atoms with E-state index in [9.17, 15) is 23.5 Å². The number of aliphatic hydroxyl groups is 1. The Morgan fingerprint density at radius 1 is 1.23 bits per heavy atom. The van der Waals surface area contributed by atoms with Crippen LogP contribution in [0.3, 0.4) is 0 Å². The average molecular weight is 430 g/mol. The van der Waals surface area contributed by atoms with Gasteiger partial charge < -0.3 is 15.2 Å². The number of pyridine rings is 1. The summed E-state index contributed by atoms with van der Waals surface area (Å²) in [6.07, 6.45) is -0.0833. The van der Waals surface area contributed by atoms with Crippen molar-refractivity contribution in [2.75, 3.05) is 11.9 Å². The molecule has 1 aromatic carbocycles. The molecule has 0 bridgehead atoms. The van der Waals surface area contributed by atoms with Crippen LogP contribution in [-0.4, -0.2) is 38.8 Å². The maximum Gasteiger partial charge on any atom is 0.284 e. The zero-order valence-electron chi connectivity index (χ0n) is 16.8. The molecule has 0 fully saturated rings. The third kappa shape index (κ3) is 5.28. The lowest BCUT2D eigenvalue weighted by Gasteiger charge is -2.16. The van der Waals surface area contributed by atoms with Gasteiger partial charge in [-0.15, -0.1) is 0 Å². The van der Waals surface area contributed by atoms with Crippen LogP contribution in [0.2, 0.25) is 0 Å². The lowest BCUT2D eigenvalue weighted by atomic mass is 10.1. The number of anilines is 1. The number of amides is 1. The van der Waals surface area contributed by atoms with Gasteiger partial charge in [0.2, 0.25) is 0 Å². The van der Waals surface area contributed by atoms with E-state index in [1.165, 1.54) is 30.6 Å². The molecule has 0 atom stereocenters. The predicted molar refractivity (Wildman–Crippen MR) is 109 cm³/mol. The third-order valence-corrected chi connectivity index (χ3v) is 4.20. The van der Waals surface area contributed by atoms with Gasteiger partial charge in [0.1, 0.15) is 29.2 Å². The van der Waals surface area contributed by atoms with Gasteiger partial charge in [0.15, 0.2) is 0 Å². The Kier molecular flexibility index (Phi) is 6.40. The topological polar surface area (TPSA) is 106 Å². The summed E-state index contributed by atoms with van der Waals surface area (Å²) in [4.78, 5) is 29.6. The maximum absolute atomic E-state index is 12.9. The van der Waals surface area contributed by atoms with Crippen LogP contribution in [0.5, 0.6) is 5.75 Å². The van der Waals surface area contributed by atoms with Gasteiger partial charge in [0.05, 0.1) is 17.6 Å². The van der Waals surface area contributed by atoms with E-state index in [1.54, 1.807) is 38.1 Å². The van der Waals surface area contributed by atoms with Crippen molar-refractivity contribution in [2.45, 2.75) is 25.9 Å². The van der Waals surface area contributed by atoms with Crippen LogP contribution in [-0.2, 0) is 5.60 Å². The van der Waals surface area contributed by atoms with Crippen molar-refractivity contribution in [3.05, 3.63) is 76.5 Å². The van der Waals surface area contributed by atoms with Gasteiger partial charge in [-0.2, -0.15) is 9.78 Å². The molecule has 0 saturated carbocycles. The van der Waals surface area contributed by atoms with Gasteiger partial charge in [-0.1, -0.05) is 12.1 Å². The lowest BCUT2D eigenvalue weighted by Crippen LogP contribution is -2.30. The Hall–Kier alpha value is -3.66. The van der Waals surface area contributed by atoms with Crippen LogP contribution in [0.1, 0.15) is 29.9 Å². The highest BCUT2D eigenvalue weighted by molar-refractivity contribution is 6.03. The summed E-state index contributed by atoms with van der Waals surface area (Å²) in [6.45, 7) is 2.31. The molecule has 3 rings (SSSR count). The van der Waals surface area contributed by atoms with E-state index in [2.05, 4.69) is 15.4 Å². The van der Waals surface area contributed by atoms with Crippen molar-refractivity contribution in [1.82, 2.24) is 14.8 Å². The minimum Gasteiger partial charge on any atom is -0.485 e. The van der Waals surface area contributed by atoms with E-state index in [0.29, 0.717) is 11.4 Å². The van der Waals surface area contributed by atoms with E-state index < -0.39 is 30.1 Å². The number of hydrogen-bond donors (Lipinski definition) is 2. The number of halogens is 2. The first-order valence-corrected chi connectivity index (χ1v) is 9.26. The smallest absolute Gasteiger partial charge is 0.284 e. The van der Waals surface area contributed by atoms with Crippen LogP contribution < -0.4 is 15.6 Å². The summed E-state index contributed by atoms with van der Waals surface area (Å²) in [5.41, 5.74) is -1.25. The number of ether oxygens (including phenoxy) is 1. The molecular formula is C21H20F2N4O4. The zero-order valence-corrected chi connectivity index (χ0v) is 16.8. The van der Waals surface area contributed by atoms with Crippen molar-refractivity contribution in [3.63, 3.8) is 0 Å². The molecule has 0 saturated heterocycles. The molecule has 10 heteroatoms. The SMILES string of the molecule is CC(C)(O)c1ccc(NC(=O)c2ccnn(-c3ccccc3OCC(F)F)c2=O)cn1. The first kappa shape index (κ1) is 22.0. The number of hydrogen-bond acceptors (Lipinski definition) is 6. The van der Waals surface area contributed by atoms with Crippen LogP contribution in [0.4, 0.5) is 14.5 Å². The minimum atomic E-state index is -2.69. The fourth-order valence-corrected chi connectivity index (χ4v) is 2.69. The lowest BCUT2D eigenvalue weighted by molar-refractivity contribution is 0.0739. The summed E-state index contributed by atoms with van der Waals surface area (Å²) in [5, 5.41) is 16.5. The van der Waals surface area contributed by atoms with E-state index >= 15 is 0 Å². The second-order valence-electron chi connectivity index (χ2n) is 7.08. The summed E-state index contributed by atoms with van der Waals surface area (Å²) in [7, 11) is 0. The Bertz CT molecular complexity index is 1130. The molecule has 0 spiro atoms. The summed E-state index contributed by atoms with van der Waals surface area (Å²) in [6, 6.07) is 10.4. The van der Waals surface area contributed by atoms with E-state index in [0.717, 1.165) is 4.68 Å². The molecule has 2 heterocycles. The first-order valence-electron chi connectivity index (χ1n) is 9.26. The van der Waals surface area contributed by atoms with E-state index in [1.807, 2.05) is 0 Å². The second-order valence-corrected chi connectivity index (χ2v) is 7.08. The molecule has 0 unspecified atom stereocenters. The van der Waals surface area contributed by atoms with Crippen LogP contribution >= 0.6 is 0 Å². The Balaban J connectivity index is 1.88. The number of benzene rings is 1. The molecule has 31 heavy (non-hydrogen) atoms. The quantitative estimate of drug-likeness (QED) is 0.597. The Labute approximate surface area is 176 Å². The van der Waals surface area contributed by atoms with E-state index in [4.69, 9.17) is 4.74 Å². The van der Waals surface area contributed by atoms with Crippen LogP contribution in [0.15, 0.2) is 59.7 Å². The van der Waals surface area contributed by atoms with Crippen LogP contribution in [0, 0.1) is 0 Å². The highest BCUT2D eigenvalue weighted by Gasteiger charge is 2.19. The molecule has 8 nitrogen and oxygen atoms in total. The molecule has 0 radical (unpaired) electrons. The number of aromatic nitrogens is 3. The number of rotatable bonds is 7. The molecule has 0 aliphatic carbocycles. The predicted octanol–water partition coefficient (Wildman–Crippen LogP) is 2.75. The molecule has 1 amide bonds. The van der Waals surface area contributed by atoms with Gasteiger partial charge in [-0.05, 0) is 44.2 Å². The summed E-state index contributed by atoms with van der Waals surface area (Å²) in [5.74, 6) is -0.675. The van der Waals surface area contributed by atoms with Gasteiger partial charge >= 0.3 is 0 Å². The van der Waals surface area contributed by atoms with Crippen molar-refractivity contribution in [3.8, 4) is 11.4 Å². The number of nitrogens with one attached hydrogen (secondary N) is 1. The van der Waals surface area contributed by atoms with Gasteiger partial charge in [0.25, 0.3) is 17.9 Å². The van der Waals surface area contributed by atoms with Crippen molar-refractivity contribution in [1.29, 1.82) is 0 Å². The number of carbonyl (C=O) groups is 1. The van der Waals surface area contributed by atoms with Crippen molar-refractivity contribution < 1.29 is 23.4 Å². The number of carbonyl (C=O) groups excluding carboxylic acids is 1. The molecule has 162 valence electrons. The molecule has 0 aliphatic rings. The highest BCUT2D eigenvalue weighted by Crippen LogP contribution is 2.21. The molecule has 2 N–H and O–H groups in total. The maximum atomic E-state index is 12.9. The average Bonchev–Trinajstić information content (AvgIpc) is 2.72. The monoisotopic (exact) mass is 430 g/mol. The third-order valence-electron chi connectivity index (χ3n) is 4.20. The number of nitrogens with zero attached hydrogens (tertiary/aromatic N) is 3. The second kappa shape index (κ2) is 9.00. The summed E-state index contributed by atoms with van der Waals surface area (Å²) < 4.78 is 31.0. The van der Waals surface area contributed by atoms with Gasteiger partial charge in [-0.3, -0.25) is 14.6 Å². The fraction of sp³-hybridized carbons (Fsp3) is 0.238. The number of para-hydroxylation sites is 2. The Morgan fingerprint density at radius 3 is 2.61 bits per heavy atom. The largest absolute Gasteiger partial charge is 0.485 e. The molecular weight excluding hydrogens is 410 g/mol. The minimum absolute atomic E-state index is 0.0290. The summed E-state index contributed by atoms with van der Waals surface area (Å²) >= 11 is 0. The van der Waals surface area contributed by atoms with Gasteiger partial charge in [0, 0.05) is 6.20 Å². The van der Waals surface area contributed by atoms with E-state index in [-0.39, 0.29) is 17.0 Å². The molecule has 0 aliphatic heterocycles. The van der Waals surface area contributed by atoms with Crippen molar-refractivity contribution >= 4 is 11.6 Å². The number of alkyl halides is 2. The highest BCUT2D eigenvalue weighted by atomic mass is 19.3. The normalized spacial score (nSPS) is 11.4. The molecule has 3 aromatic rings. The Morgan fingerprint density at radius 2 is 1.97 bits per heavy atom. The van der Waals surface area contributed by atoms with Gasteiger partial charge in [-0.25, -0.2) is 8.78 Å².